The Bertz CT molecular complexity index is 524. The molecule has 0 amide bonds. The van der Waals surface area contributed by atoms with Gasteiger partial charge < -0.3 is 0 Å². The molecule has 1 aromatic heterocycles. The van der Waals surface area contributed by atoms with Gasteiger partial charge in [-0.25, -0.2) is 4.98 Å². The third kappa shape index (κ3) is 2.51. The van der Waals surface area contributed by atoms with Gasteiger partial charge in [0.25, 0.3) is 0 Å². The Morgan fingerprint density at radius 2 is 2.12 bits per heavy atom. The van der Waals surface area contributed by atoms with E-state index in [9.17, 15) is 0 Å². The van der Waals surface area contributed by atoms with Crippen LogP contribution in [0.2, 0.25) is 4.47 Å². The van der Waals surface area contributed by atoms with Gasteiger partial charge in [0.2, 0.25) is 0 Å². The van der Waals surface area contributed by atoms with E-state index in [1.54, 1.807) is 11.3 Å². The van der Waals surface area contributed by atoms with Crippen LogP contribution in [-0.2, 0) is 19.5 Å². The van der Waals surface area contributed by atoms with Crippen LogP contribution in [0.4, 0.5) is 0 Å². The summed E-state index contributed by atoms with van der Waals surface area (Å²) in [6.45, 7) is 3.11. The fraction of sp³-hybridized carbons (Fsp3) is 0.308. The summed E-state index contributed by atoms with van der Waals surface area (Å²) in [5.41, 5.74) is 2.94. The highest BCUT2D eigenvalue weighted by atomic mass is 35.5. The number of hydrogen-bond donors (Lipinski definition) is 0. The van der Waals surface area contributed by atoms with Gasteiger partial charge in [-0.2, -0.15) is 0 Å². The standard InChI is InChI=1S/C13H13ClN2S/c14-13-15-7-12(17-13)9-16-6-5-10-3-1-2-4-11(10)8-16/h1-4,7H,5-6,8-9H2. The minimum atomic E-state index is 0.636. The second-order valence-corrected chi connectivity index (χ2v) is 6.01. The number of thiazole rings is 1. The van der Waals surface area contributed by atoms with Crippen molar-refractivity contribution >= 4 is 22.9 Å². The summed E-state index contributed by atoms with van der Waals surface area (Å²) in [7, 11) is 0. The highest BCUT2D eigenvalue weighted by molar-refractivity contribution is 7.15. The van der Waals surface area contributed by atoms with E-state index in [1.165, 1.54) is 16.0 Å². The van der Waals surface area contributed by atoms with Crippen molar-refractivity contribution in [2.24, 2.45) is 0 Å². The third-order valence-electron chi connectivity index (χ3n) is 3.11. The summed E-state index contributed by atoms with van der Waals surface area (Å²) in [4.78, 5) is 7.78. The SMILES string of the molecule is Clc1ncc(CN2CCc3ccccc3C2)s1. The summed E-state index contributed by atoms with van der Waals surface area (Å²) >= 11 is 7.42. The van der Waals surface area contributed by atoms with Gasteiger partial charge >= 0.3 is 0 Å². The monoisotopic (exact) mass is 264 g/mol. The average molecular weight is 265 g/mol. The second-order valence-electron chi connectivity index (χ2n) is 4.31. The van der Waals surface area contributed by atoms with E-state index < -0.39 is 0 Å². The molecular formula is C13H13ClN2S. The minimum Gasteiger partial charge on any atom is -0.294 e. The molecule has 3 rings (SSSR count). The number of aromatic nitrogens is 1. The first-order valence-corrected chi connectivity index (χ1v) is 6.90. The smallest absolute Gasteiger partial charge is 0.183 e. The van der Waals surface area contributed by atoms with Crippen LogP contribution < -0.4 is 0 Å². The highest BCUT2D eigenvalue weighted by Crippen LogP contribution is 2.23. The van der Waals surface area contributed by atoms with Gasteiger partial charge in [-0.1, -0.05) is 35.9 Å². The molecule has 2 aromatic rings. The van der Waals surface area contributed by atoms with Crippen LogP contribution in [0.1, 0.15) is 16.0 Å². The molecule has 1 aromatic carbocycles. The van der Waals surface area contributed by atoms with E-state index >= 15 is 0 Å². The number of benzene rings is 1. The Morgan fingerprint density at radius 1 is 1.29 bits per heavy atom. The van der Waals surface area contributed by atoms with Gasteiger partial charge in [0.05, 0.1) is 0 Å². The van der Waals surface area contributed by atoms with Gasteiger partial charge in [-0.3, -0.25) is 4.90 Å². The van der Waals surface area contributed by atoms with Crippen LogP contribution in [0.5, 0.6) is 0 Å². The molecule has 0 bridgehead atoms. The van der Waals surface area contributed by atoms with E-state index in [-0.39, 0.29) is 0 Å². The molecule has 4 heteroatoms. The number of hydrogen-bond acceptors (Lipinski definition) is 3. The zero-order valence-corrected chi connectivity index (χ0v) is 11.0. The van der Waals surface area contributed by atoms with E-state index in [0.717, 1.165) is 26.1 Å². The van der Waals surface area contributed by atoms with Crippen LogP contribution >= 0.6 is 22.9 Å². The Morgan fingerprint density at radius 3 is 2.88 bits per heavy atom. The van der Waals surface area contributed by atoms with E-state index in [4.69, 9.17) is 11.6 Å². The predicted molar refractivity (Wildman–Crippen MR) is 71.4 cm³/mol. The molecule has 88 valence electrons. The van der Waals surface area contributed by atoms with Crippen LogP contribution in [0.25, 0.3) is 0 Å². The van der Waals surface area contributed by atoms with Crippen molar-refractivity contribution in [1.82, 2.24) is 9.88 Å². The van der Waals surface area contributed by atoms with Crippen molar-refractivity contribution in [3.8, 4) is 0 Å². The summed E-state index contributed by atoms with van der Waals surface area (Å²) in [6.07, 6.45) is 3.02. The van der Waals surface area contributed by atoms with Gasteiger partial charge in [-0.05, 0) is 17.5 Å². The average Bonchev–Trinajstić information content (AvgIpc) is 2.75. The van der Waals surface area contributed by atoms with Crippen molar-refractivity contribution in [2.75, 3.05) is 6.54 Å². The number of nitrogens with zero attached hydrogens (tertiary/aromatic N) is 2. The summed E-state index contributed by atoms with van der Waals surface area (Å²) in [6, 6.07) is 8.70. The molecule has 0 spiro atoms. The first kappa shape index (κ1) is 11.2. The topological polar surface area (TPSA) is 16.1 Å². The van der Waals surface area contributed by atoms with E-state index in [0.29, 0.717) is 4.47 Å². The first-order valence-electron chi connectivity index (χ1n) is 5.70. The Kier molecular flexibility index (Phi) is 3.14. The predicted octanol–water partition coefficient (Wildman–Crippen LogP) is 3.35. The molecule has 17 heavy (non-hydrogen) atoms. The molecule has 2 nitrogen and oxygen atoms in total. The number of fused-ring (bicyclic) bond motifs is 1. The van der Waals surface area contributed by atoms with Gasteiger partial charge in [0, 0.05) is 30.7 Å². The lowest BCUT2D eigenvalue weighted by molar-refractivity contribution is 0.247. The lowest BCUT2D eigenvalue weighted by Crippen LogP contribution is -2.29. The molecule has 0 atom stereocenters. The maximum absolute atomic E-state index is 5.85. The molecular weight excluding hydrogens is 252 g/mol. The summed E-state index contributed by atoms with van der Waals surface area (Å²) in [5.74, 6) is 0. The molecule has 0 saturated carbocycles. The Hall–Kier alpha value is -0.900. The van der Waals surface area contributed by atoms with Crippen LogP contribution in [0.3, 0.4) is 0 Å². The van der Waals surface area contributed by atoms with Crippen molar-refractivity contribution in [1.29, 1.82) is 0 Å². The normalized spacial score (nSPS) is 15.8. The molecule has 2 heterocycles. The molecule has 0 fully saturated rings. The number of halogens is 1. The molecule has 0 aliphatic carbocycles. The lowest BCUT2D eigenvalue weighted by Gasteiger charge is -2.28. The quantitative estimate of drug-likeness (QED) is 0.827. The maximum Gasteiger partial charge on any atom is 0.183 e. The molecule has 0 unspecified atom stereocenters. The van der Waals surface area contributed by atoms with Crippen molar-refractivity contribution in [2.45, 2.75) is 19.5 Å². The van der Waals surface area contributed by atoms with Crippen molar-refractivity contribution < 1.29 is 0 Å². The first-order chi connectivity index (χ1) is 8.31. The third-order valence-corrected chi connectivity index (χ3v) is 4.21. The number of rotatable bonds is 2. The second kappa shape index (κ2) is 4.77. The van der Waals surface area contributed by atoms with Crippen LogP contribution in [-0.4, -0.2) is 16.4 Å². The largest absolute Gasteiger partial charge is 0.294 e. The minimum absolute atomic E-state index is 0.636. The van der Waals surface area contributed by atoms with Gasteiger partial charge in [0.1, 0.15) is 0 Å². The summed E-state index contributed by atoms with van der Waals surface area (Å²) < 4.78 is 0.636. The van der Waals surface area contributed by atoms with Gasteiger partial charge in [-0.15, -0.1) is 11.3 Å². The Balaban J connectivity index is 1.72. The molecule has 0 radical (unpaired) electrons. The van der Waals surface area contributed by atoms with Crippen molar-refractivity contribution in [3.63, 3.8) is 0 Å². The van der Waals surface area contributed by atoms with Crippen molar-refractivity contribution in [3.05, 3.63) is 50.9 Å². The zero-order valence-electron chi connectivity index (χ0n) is 9.40. The Labute approximate surface area is 110 Å². The van der Waals surface area contributed by atoms with Crippen LogP contribution in [0, 0.1) is 0 Å². The zero-order chi connectivity index (χ0) is 11.7. The molecule has 0 N–H and O–H groups in total. The molecule has 0 saturated heterocycles. The maximum atomic E-state index is 5.85. The fourth-order valence-electron chi connectivity index (χ4n) is 2.27. The van der Waals surface area contributed by atoms with E-state index in [2.05, 4.69) is 34.1 Å². The lowest BCUT2D eigenvalue weighted by atomic mass is 10.00. The fourth-order valence-corrected chi connectivity index (χ4v) is 3.29. The molecule has 1 aliphatic rings. The highest BCUT2D eigenvalue weighted by Gasteiger charge is 2.16. The van der Waals surface area contributed by atoms with Crippen LogP contribution in [0.15, 0.2) is 30.5 Å². The summed E-state index contributed by atoms with van der Waals surface area (Å²) in [5, 5.41) is 0. The van der Waals surface area contributed by atoms with Gasteiger partial charge in [0.15, 0.2) is 4.47 Å². The molecule has 1 aliphatic heterocycles. The van der Waals surface area contributed by atoms with E-state index in [1.807, 2.05) is 6.20 Å².